The number of methoxy groups -OCH3 is 4. The molecule has 0 spiro atoms. The topological polar surface area (TPSA) is 43.2 Å². The van der Waals surface area contributed by atoms with Gasteiger partial charge in [-0.25, -0.2) is 0 Å². The third kappa shape index (κ3) is 8.16. The Morgan fingerprint density at radius 2 is 1.38 bits per heavy atom. The van der Waals surface area contributed by atoms with Crippen molar-refractivity contribution in [1.82, 2.24) is 0 Å². The second-order valence-electron chi connectivity index (χ2n) is 14.5. The molecule has 2 atom stereocenters. The fourth-order valence-corrected chi connectivity index (χ4v) is 7.87. The van der Waals surface area contributed by atoms with Gasteiger partial charge in [0.2, 0.25) is 5.69 Å². The highest BCUT2D eigenvalue weighted by Gasteiger charge is 2.48. The molecule has 0 saturated heterocycles. The molecule has 12 heteroatoms. The summed E-state index contributed by atoms with van der Waals surface area (Å²) in [7, 11) is 0.973. The Hall–Kier alpha value is -3.54. The summed E-state index contributed by atoms with van der Waals surface area (Å²) in [6.45, 7) is 17.6. The highest BCUT2D eigenvalue weighted by atomic mass is 35.5. The van der Waals surface area contributed by atoms with Crippen LogP contribution in [0.2, 0.25) is 0 Å². The molecule has 6 nitrogen and oxygen atoms in total. The molecule has 0 aromatic heterocycles. The highest BCUT2D eigenvalue weighted by molar-refractivity contribution is 6.50. The molecule has 0 saturated carbocycles. The van der Waals surface area contributed by atoms with E-state index in [9.17, 15) is 17.3 Å². The van der Waals surface area contributed by atoms with Gasteiger partial charge in [-0.15, -0.1) is 0 Å². The Bertz CT molecular complexity index is 1840. The molecule has 3 aliphatic rings. The molecule has 0 N–H and O–H groups in total. The molecular formula is C40H52BClF4N2O4. The number of fused-ring (bicyclic) bond motifs is 2. The fraction of sp³-hybridized carbons (Fsp3) is 0.475. The molecule has 5 rings (SSSR count). The molecule has 2 heterocycles. The molecule has 1 aliphatic carbocycles. The Labute approximate surface area is 311 Å². The third-order valence-electron chi connectivity index (χ3n) is 10.4. The van der Waals surface area contributed by atoms with E-state index in [4.69, 9.17) is 30.5 Å². The standard InChI is InChI=1S/C40H52ClN2O4.BF4/c1-24-20-30(46-11)22-32-37(24)42(26(3)44-9)34(39(32,5)6)18-16-28-14-13-15-29(36(28)41)17-19-35-40(7,8)33-23-31(47-12)21-25(2)38(33)43(35)27(4)45-10;2-1(3,4)5/h16-23,26-27H,13-15H2,1-12H3;/q+1;-1. The molecule has 2 aromatic rings. The quantitative estimate of drug-likeness (QED) is 0.145. The predicted molar refractivity (Wildman–Crippen MR) is 204 cm³/mol. The van der Waals surface area contributed by atoms with Crippen molar-refractivity contribution in [2.24, 2.45) is 0 Å². The number of anilines is 1. The number of aryl methyl sites for hydroxylation is 2. The van der Waals surface area contributed by atoms with Crippen LogP contribution in [0.1, 0.15) is 83.1 Å². The van der Waals surface area contributed by atoms with Gasteiger partial charge in [-0.05, 0) is 106 Å². The van der Waals surface area contributed by atoms with E-state index in [-0.39, 0.29) is 23.3 Å². The maximum Gasteiger partial charge on any atom is 0.673 e. The Balaban J connectivity index is 0.00000113. The minimum atomic E-state index is -6.00. The lowest BCUT2D eigenvalue weighted by Gasteiger charge is -2.31. The molecule has 0 radical (unpaired) electrons. The number of nitrogens with zero attached hydrogens (tertiary/aromatic N) is 2. The smallest absolute Gasteiger partial charge is 0.497 e. The van der Waals surface area contributed by atoms with Gasteiger partial charge in [0.15, 0.2) is 5.71 Å². The molecule has 2 unspecified atom stereocenters. The number of allylic oxidation sites excluding steroid dienone is 8. The van der Waals surface area contributed by atoms with Gasteiger partial charge in [-0.2, -0.15) is 4.58 Å². The molecule has 284 valence electrons. The van der Waals surface area contributed by atoms with Gasteiger partial charge in [0.25, 0.3) is 6.23 Å². The SMILES string of the molecule is COc1cc(C)c2c(c1)C(C)(C)C(/C=C/C1=C(Cl)C(=C/C=C3\N(C(C)OC)c4c(C)cc(OC)cc4C3(C)C)/CCC1)=[N+]2C(C)OC.F[B-](F)(F)F. The van der Waals surface area contributed by atoms with Crippen molar-refractivity contribution in [3.63, 3.8) is 0 Å². The van der Waals surface area contributed by atoms with Gasteiger partial charge in [-0.1, -0.05) is 37.6 Å². The number of ether oxygens (including phenoxy) is 4. The van der Waals surface area contributed by atoms with Crippen LogP contribution >= 0.6 is 11.6 Å². The number of rotatable bonds is 9. The second kappa shape index (κ2) is 15.8. The van der Waals surface area contributed by atoms with Crippen LogP contribution in [0.5, 0.6) is 11.5 Å². The van der Waals surface area contributed by atoms with E-state index < -0.39 is 7.25 Å². The number of benzene rings is 2. The molecular weight excluding hydrogens is 695 g/mol. The average Bonchev–Trinajstić information content (AvgIpc) is 3.44. The molecule has 52 heavy (non-hydrogen) atoms. The Morgan fingerprint density at radius 3 is 1.94 bits per heavy atom. The minimum Gasteiger partial charge on any atom is -0.497 e. The van der Waals surface area contributed by atoms with Gasteiger partial charge in [0, 0.05) is 54.5 Å². The Morgan fingerprint density at radius 1 is 0.808 bits per heavy atom. The summed E-state index contributed by atoms with van der Waals surface area (Å²) < 4.78 is 64.4. The van der Waals surface area contributed by atoms with E-state index in [2.05, 4.69) is 113 Å². The van der Waals surface area contributed by atoms with Crippen LogP contribution in [0.15, 0.2) is 70.4 Å². The summed E-state index contributed by atoms with van der Waals surface area (Å²) in [4.78, 5) is 2.32. The van der Waals surface area contributed by atoms with Gasteiger partial charge in [0.05, 0.1) is 25.3 Å². The van der Waals surface area contributed by atoms with Gasteiger partial charge in [-0.3, -0.25) is 0 Å². The van der Waals surface area contributed by atoms with Gasteiger partial charge < -0.3 is 41.1 Å². The summed E-state index contributed by atoms with van der Waals surface area (Å²) in [6, 6.07) is 8.51. The molecule has 0 amide bonds. The molecule has 2 aromatic carbocycles. The monoisotopic (exact) mass is 746 g/mol. The first-order chi connectivity index (χ1) is 24.2. The van der Waals surface area contributed by atoms with E-state index >= 15 is 0 Å². The first-order valence-corrected chi connectivity index (χ1v) is 17.9. The molecule has 0 fully saturated rings. The molecule has 0 bridgehead atoms. The lowest BCUT2D eigenvalue weighted by atomic mass is 9.80. The summed E-state index contributed by atoms with van der Waals surface area (Å²) >= 11 is 7.23. The van der Waals surface area contributed by atoms with Gasteiger partial charge >= 0.3 is 7.25 Å². The lowest BCUT2D eigenvalue weighted by Crippen LogP contribution is -2.35. The number of hydrogen-bond donors (Lipinski definition) is 0. The summed E-state index contributed by atoms with van der Waals surface area (Å²) in [5.41, 5.74) is 11.3. The van der Waals surface area contributed by atoms with Crippen molar-refractivity contribution >= 4 is 35.9 Å². The first-order valence-electron chi connectivity index (χ1n) is 17.5. The van der Waals surface area contributed by atoms with Crippen molar-refractivity contribution in [2.45, 2.75) is 97.9 Å². The van der Waals surface area contributed by atoms with E-state index in [1.807, 2.05) is 0 Å². The van der Waals surface area contributed by atoms with Crippen LogP contribution in [-0.4, -0.2) is 58.4 Å². The van der Waals surface area contributed by atoms with E-state index in [0.29, 0.717) is 0 Å². The average molecular weight is 747 g/mol. The number of hydrogen-bond acceptors (Lipinski definition) is 5. The van der Waals surface area contributed by atoms with Crippen molar-refractivity contribution in [1.29, 1.82) is 0 Å². The fourth-order valence-electron chi connectivity index (χ4n) is 7.55. The Kier molecular flexibility index (Phi) is 12.5. The third-order valence-corrected chi connectivity index (χ3v) is 10.9. The first kappa shape index (κ1) is 41.2. The van der Waals surface area contributed by atoms with Crippen molar-refractivity contribution in [2.75, 3.05) is 33.3 Å². The van der Waals surface area contributed by atoms with Gasteiger partial charge in [0.1, 0.15) is 17.7 Å². The normalized spacial score (nSPS) is 20.7. The summed E-state index contributed by atoms with van der Waals surface area (Å²) in [5, 5.41) is 0.833. The maximum absolute atomic E-state index is 9.75. The summed E-state index contributed by atoms with van der Waals surface area (Å²) in [6.07, 6.45) is 11.6. The highest BCUT2D eigenvalue weighted by Crippen LogP contribution is 2.52. The number of halogens is 5. The minimum absolute atomic E-state index is 0.139. The van der Waals surface area contributed by atoms with Crippen LogP contribution in [0.25, 0.3) is 0 Å². The van der Waals surface area contributed by atoms with Crippen molar-refractivity contribution in [3.05, 3.63) is 92.7 Å². The predicted octanol–water partition coefficient (Wildman–Crippen LogP) is 10.8. The van der Waals surface area contributed by atoms with Crippen LogP contribution in [-0.2, 0) is 20.3 Å². The van der Waals surface area contributed by atoms with Crippen LogP contribution in [0, 0.1) is 13.8 Å². The second-order valence-corrected chi connectivity index (χ2v) is 14.9. The zero-order valence-corrected chi connectivity index (χ0v) is 33.1. The van der Waals surface area contributed by atoms with Crippen LogP contribution in [0.3, 0.4) is 0 Å². The van der Waals surface area contributed by atoms with E-state index in [1.54, 1.807) is 28.4 Å². The largest absolute Gasteiger partial charge is 0.673 e. The summed E-state index contributed by atoms with van der Waals surface area (Å²) in [5.74, 6) is 1.74. The maximum atomic E-state index is 9.75. The zero-order valence-electron chi connectivity index (χ0n) is 32.4. The zero-order chi connectivity index (χ0) is 38.9. The van der Waals surface area contributed by atoms with E-state index in [0.717, 1.165) is 58.1 Å². The van der Waals surface area contributed by atoms with Crippen molar-refractivity contribution in [3.8, 4) is 11.5 Å². The van der Waals surface area contributed by atoms with Crippen LogP contribution < -0.4 is 14.4 Å². The van der Waals surface area contributed by atoms with E-state index in [1.165, 1.54) is 33.9 Å². The van der Waals surface area contributed by atoms with Crippen molar-refractivity contribution < 1.29 is 40.8 Å². The van der Waals surface area contributed by atoms with Crippen LogP contribution in [0.4, 0.5) is 28.6 Å². The molecule has 2 aliphatic heterocycles. The lowest BCUT2D eigenvalue weighted by molar-refractivity contribution is -0.533.